The lowest BCUT2D eigenvalue weighted by Crippen LogP contribution is -2.57. The van der Waals surface area contributed by atoms with E-state index < -0.39 is 6.04 Å². The van der Waals surface area contributed by atoms with Crippen LogP contribution in [-0.2, 0) is 9.59 Å². The summed E-state index contributed by atoms with van der Waals surface area (Å²) in [5, 5.41) is 9.43. The molecule has 19 heavy (non-hydrogen) atoms. The summed E-state index contributed by atoms with van der Waals surface area (Å²) in [6.07, 6.45) is 1.54. The van der Waals surface area contributed by atoms with Gasteiger partial charge < -0.3 is 10.6 Å². The summed E-state index contributed by atoms with van der Waals surface area (Å²) in [6.45, 7) is 1.72. The Morgan fingerprint density at radius 2 is 2.21 bits per heavy atom. The number of carbonyl (C=O) groups excluding carboxylic acids is 2. The van der Waals surface area contributed by atoms with Gasteiger partial charge in [-0.05, 0) is 6.92 Å². The highest BCUT2D eigenvalue weighted by Crippen LogP contribution is 2.25. The summed E-state index contributed by atoms with van der Waals surface area (Å²) < 4.78 is 0. The molecule has 2 aromatic rings. The van der Waals surface area contributed by atoms with Crippen LogP contribution < -0.4 is 16.0 Å². The van der Waals surface area contributed by atoms with E-state index in [2.05, 4.69) is 25.5 Å². The van der Waals surface area contributed by atoms with E-state index in [1.807, 2.05) is 0 Å². The van der Waals surface area contributed by atoms with Crippen molar-refractivity contribution in [2.24, 2.45) is 0 Å². The van der Waals surface area contributed by atoms with Crippen molar-refractivity contribution in [3.8, 4) is 0 Å². The molecule has 0 aromatic carbocycles. The zero-order valence-corrected chi connectivity index (χ0v) is 10.0. The maximum atomic E-state index is 11.7. The predicted octanol–water partition coefficient (Wildman–Crippen LogP) is -1.21. The smallest absolute Gasteiger partial charge is 0.249 e. The summed E-state index contributed by atoms with van der Waals surface area (Å²) in [6, 6.07) is -0.523. The third kappa shape index (κ3) is 1.75. The third-order valence-electron chi connectivity index (χ3n) is 3.00. The number of hydrogen-bond donors (Lipinski definition) is 3. The molecule has 4 N–H and O–H groups in total. The van der Waals surface area contributed by atoms with Crippen molar-refractivity contribution in [2.45, 2.75) is 13.0 Å². The molecule has 9 nitrogen and oxygen atoms in total. The predicted molar refractivity (Wildman–Crippen MR) is 66.1 cm³/mol. The fraction of sp³-hybridized carbons (Fsp3) is 0.300. The first-order chi connectivity index (χ1) is 9.06. The fourth-order valence-electron chi connectivity index (χ4n) is 2.03. The maximum absolute atomic E-state index is 11.7. The van der Waals surface area contributed by atoms with Gasteiger partial charge in [-0.2, -0.15) is 15.1 Å². The molecule has 2 aromatic heterocycles. The van der Waals surface area contributed by atoms with Crippen LogP contribution in [-0.4, -0.2) is 44.6 Å². The molecular weight excluding hydrogens is 250 g/mol. The lowest BCUT2D eigenvalue weighted by atomic mass is 10.2. The quantitative estimate of drug-likeness (QED) is 0.549. The van der Waals surface area contributed by atoms with E-state index in [1.165, 1.54) is 6.20 Å². The van der Waals surface area contributed by atoms with Crippen LogP contribution in [0.25, 0.3) is 11.0 Å². The van der Waals surface area contributed by atoms with Gasteiger partial charge in [0.2, 0.25) is 17.8 Å². The molecular formula is C10H11N7O2. The maximum Gasteiger partial charge on any atom is 0.249 e. The molecule has 98 valence electrons. The average Bonchev–Trinajstić information content (AvgIpc) is 2.80. The second-order valence-corrected chi connectivity index (χ2v) is 4.25. The van der Waals surface area contributed by atoms with E-state index in [-0.39, 0.29) is 24.3 Å². The van der Waals surface area contributed by atoms with E-state index >= 15 is 0 Å². The van der Waals surface area contributed by atoms with Crippen molar-refractivity contribution in [3.05, 3.63) is 6.20 Å². The van der Waals surface area contributed by atoms with Crippen LogP contribution >= 0.6 is 0 Å². The lowest BCUT2D eigenvalue weighted by molar-refractivity contribution is -0.132. The Hall–Kier alpha value is -2.71. The number of imide groups is 1. The number of anilines is 2. The second kappa shape index (κ2) is 3.90. The monoisotopic (exact) mass is 261 g/mol. The van der Waals surface area contributed by atoms with Crippen molar-refractivity contribution in [3.63, 3.8) is 0 Å². The number of nitrogens with zero attached hydrogens (tertiary/aromatic N) is 4. The highest BCUT2D eigenvalue weighted by molar-refractivity contribution is 6.05. The highest BCUT2D eigenvalue weighted by atomic mass is 16.2. The zero-order chi connectivity index (χ0) is 13.6. The summed E-state index contributed by atoms with van der Waals surface area (Å²) in [5.74, 6) is -0.272. The molecule has 1 saturated heterocycles. The van der Waals surface area contributed by atoms with Crippen LogP contribution in [0.1, 0.15) is 6.92 Å². The topological polar surface area (TPSA) is 130 Å². The molecule has 1 fully saturated rings. The number of nitrogens with one attached hydrogen (secondary N) is 2. The van der Waals surface area contributed by atoms with Crippen LogP contribution in [0.4, 0.5) is 11.8 Å². The minimum atomic E-state index is -0.523. The Morgan fingerprint density at radius 1 is 1.42 bits per heavy atom. The number of nitrogens with two attached hydrogens (primary N) is 1. The number of H-pyrrole nitrogens is 1. The number of amides is 2. The molecule has 1 unspecified atom stereocenters. The number of piperazine rings is 1. The van der Waals surface area contributed by atoms with E-state index in [0.717, 1.165) is 0 Å². The summed E-state index contributed by atoms with van der Waals surface area (Å²) >= 11 is 0. The average molecular weight is 261 g/mol. The van der Waals surface area contributed by atoms with Gasteiger partial charge in [-0.1, -0.05) is 0 Å². The van der Waals surface area contributed by atoms with Crippen LogP contribution in [0.5, 0.6) is 0 Å². The minimum Gasteiger partial charge on any atom is -0.368 e. The Kier molecular flexibility index (Phi) is 2.34. The van der Waals surface area contributed by atoms with Gasteiger partial charge in [-0.15, -0.1) is 0 Å². The van der Waals surface area contributed by atoms with E-state index in [4.69, 9.17) is 5.73 Å². The van der Waals surface area contributed by atoms with Crippen molar-refractivity contribution < 1.29 is 9.59 Å². The molecule has 2 amide bonds. The number of aromatic amines is 1. The first-order valence-corrected chi connectivity index (χ1v) is 5.63. The van der Waals surface area contributed by atoms with E-state index in [0.29, 0.717) is 16.9 Å². The minimum absolute atomic E-state index is 0.0314. The lowest BCUT2D eigenvalue weighted by Gasteiger charge is -2.32. The van der Waals surface area contributed by atoms with Gasteiger partial charge in [0, 0.05) is 0 Å². The van der Waals surface area contributed by atoms with Crippen molar-refractivity contribution >= 4 is 34.6 Å². The number of aromatic nitrogens is 4. The molecule has 0 radical (unpaired) electrons. The van der Waals surface area contributed by atoms with Gasteiger partial charge in [-0.3, -0.25) is 20.0 Å². The van der Waals surface area contributed by atoms with Crippen molar-refractivity contribution in [2.75, 3.05) is 17.2 Å². The molecule has 3 rings (SSSR count). The summed E-state index contributed by atoms with van der Waals surface area (Å²) in [4.78, 5) is 32.9. The standard InChI is InChI=1S/C10H11N7O2/c1-4-9(19)13-6(18)3-17(4)8-5-2-12-16-7(5)14-10(11)15-8/h2,4H,3H2,1H3,(H,13,18,19)(H3,11,12,14,15,16). The number of rotatable bonds is 1. The first-order valence-electron chi connectivity index (χ1n) is 5.63. The van der Waals surface area contributed by atoms with Gasteiger partial charge in [0.25, 0.3) is 0 Å². The number of hydrogen-bond acceptors (Lipinski definition) is 7. The van der Waals surface area contributed by atoms with Crippen LogP contribution in [0, 0.1) is 0 Å². The largest absolute Gasteiger partial charge is 0.368 e. The summed E-state index contributed by atoms with van der Waals surface area (Å²) in [5.41, 5.74) is 6.09. The normalized spacial score (nSPS) is 19.8. The van der Waals surface area contributed by atoms with Gasteiger partial charge in [0.1, 0.15) is 11.9 Å². The Labute approximate surface area is 107 Å². The molecule has 0 saturated carbocycles. The van der Waals surface area contributed by atoms with Gasteiger partial charge in [0.05, 0.1) is 18.1 Å². The van der Waals surface area contributed by atoms with Crippen LogP contribution in [0.15, 0.2) is 6.20 Å². The number of nitrogen functional groups attached to an aromatic ring is 1. The third-order valence-corrected chi connectivity index (χ3v) is 3.00. The molecule has 1 aliphatic rings. The molecule has 0 bridgehead atoms. The van der Waals surface area contributed by atoms with E-state index in [1.54, 1.807) is 11.8 Å². The second-order valence-electron chi connectivity index (χ2n) is 4.25. The Bertz CT molecular complexity index is 680. The number of carbonyl (C=O) groups is 2. The fourth-order valence-corrected chi connectivity index (χ4v) is 2.03. The first kappa shape index (κ1) is 11.4. The van der Waals surface area contributed by atoms with Crippen molar-refractivity contribution in [1.82, 2.24) is 25.5 Å². The van der Waals surface area contributed by atoms with Gasteiger partial charge in [0.15, 0.2) is 5.65 Å². The van der Waals surface area contributed by atoms with E-state index in [9.17, 15) is 9.59 Å². The molecule has 3 heterocycles. The Balaban J connectivity index is 2.14. The molecule has 9 heteroatoms. The molecule has 0 aliphatic carbocycles. The molecule has 1 aliphatic heterocycles. The summed E-state index contributed by atoms with van der Waals surface area (Å²) in [7, 11) is 0. The van der Waals surface area contributed by atoms with Gasteiger partial charge in [-0.25, -0.2) is 0 Å². The number of fused-ring (bicyclic) bond motifs is 1. The van der Waals surface area contributed by atoms with Crippen LogP contribution in [0.2, 0.25) is 0 Å². The van der Waals surface area contributed by atoms with Crippen LogP contribution in [0.3, 0.4) is 0 Å². The highest BCUT2D eigenvalue weighted by Gasteiger charge is 2.32. The van der Waals surface area contributed by atoms with Gasteiger partial charge >= 0.3 is 0 Å². The zero-order valence-electron chi connectivity index (χ0n) is 10.0. The molecule has 1 atom stereocenters. The SMILES string of the molecule is CC1C(=O)NC(=O)CN1c1nc(N)nc2[nH]ncc12. The Morgan fingerprint density at radius 3 is 3.00 bits per heavy atom. The van der Waals surface area contributed by atoms with Crippen molar-refractivity contribution in [1.29, 1.82) is 0 Å². The molecule has 0 spiro atoms.